The van der Waals surface area contributed by atoms with Crippen LogP contribution in [0.2, 0.25) is 0 Å². The molecule has 0 saturated carbocycles. The number of nitrogens with zero attached hydrogens (tertiary/aromatic N) is 2. The van der Waals surface area contributed by atoms with Crippen molar-refractivity contribution >= 4 is 27.5 Å². The fourth-order valence-corrected chi connectivity index (χ4v) is 2.79. The van der Waals surface area contributed by atoms with Gasteiger partial charge in [-0.15, -0.1) is 11.6 Å². The minimum absolute atomic E-state index is 0.145. The Morgan fingerprint density at radius 1 is 1.32 bits per heavy atom. The van der Waals surface area contributed by atoms with Crippen molar-refractivity contribution < 1.29 is 4.74 Å². The normalized spacial score (nSPS) is 12.2. The second-order valence-corrected chi connectivity index (χ2v) is 5.63. The molecule has 0 fully saturated rings. The molecule has 0 spiro atoms. The van der Waals surface area contributed by atoms with Gasteiger partial charge in [-0.1, -0.05) is 33.6 Å². The molecule has 0 aliphatic carbocycles. The summed E-state index contributed by atoms with van der Waals surface area (Å²) in [5.41, 5.74) is 3.11. The van der Waals surface area contributed by atoms with E-state index in [1.807, 2.05) is 19.1 Å². The lowest BCUT2D eigenvalue weighted by molar-refractivity contribution is 0.396. The third-order valence-corrected chi connectivity index (χ3v) is 3.90. The lowest BCUT2D eigenvalue weighted by atomic mass is 10.1. The van der Waals surface area contributed by atoms with Crippen molar-refractivity contribution in [1.29, 1.82) is 0 Å². The van der Waals surface area contributed by atoms with Crippen molar-refractivity contribution in [2.45, 2.75) is 18.7 Å². The molecule has 19 heavy (non-hydrogen) atoms. The number of hydrogen-bond donors (Lipinski definition) is 0. The quantitative estimate of drug-likeness (QED) is 0.786. The SMILES string of the molecule is COc1cc(CC(Cl)c2cc(C)ccc2Br)ncn1. The first-order valence-corrected chi connectivity index (χ1v) is 7.08. The molecule has 1 heterocycles. The topological polar surface area (TPSA) is 35.0 Å². The minimum atomic E-state index is -0.145. The summed E-state index contributed by atoms with van der Waals surface area (Å²) in [7, 11) is 1.58. The van der Waals surface area contributed by atoms with Gasteiger partial charge in [-0.3, -0.25) is 0 Å². The van der Waals surface area contributed by atoms with E-state index in [2.05, 4.69) is 32.0 Å². The number of halogens is 2. The molecule has 1 aromatic carbocycles. The lowest BCUT2D eigenvalue weighted by Gasteiger charge is -2.12. The first-order valence-electron chi connectivity index (χ1n) is 5.85. The minimum Gasteiger partial charge on any atom is -0.481 e. The Morgan fingerprint density at radius 2 is 2.11 bits per heavy atom. The van der Waals surface area contributed by atoms with Crippen LogP contribution in [0, 0.1) is 6.92 Å². The molecule has 0 N–H and O–H groups in total. The van der Waals surface area contributed by atoms with Crippen LogP contribution < -0.4 is 4.74 Å². The lowest BCUT2D eigenvalue weighted by Crippen LogP contribution is -2.01. The standard InChI is InChI=1S/C14H14BrClN2O/c1-9-3-4-12(15)11(5-9)13(16)6-10-7-14(19-2)18-8-17-10/h3-5,7-8,13H,6H2,1-2H3. The third kappa shape index (κ3) is 3.67. The summed E-state index contributed by atoms with van der Waals surface area (Å²) in [6.45, 7) is 2.05. The number of hydrogen-bond acceptors (Lipinski definition) is 3. The van der Waals surface area contributed by atoms with Gasteiger partial charge in [0, 0.05) is 22.7 Å². The van der Waals surface area contributed by atoms with E-state index in [1.165, 1.54) is 11.9 Å². The monoisotopic (exact) mass is 340 g/mol. The van der Waals surface area contributed by atoms with E-state index >= 15 is 0 Å². The maximum atomic E-state index is 6.48. The molecule has 3 nitrogen and oxygen atoms in total. The summed E-state index contributed by atoms with van der Waals surface area (Å²) in [6.07, 6.45) is 2.12. The van der Waals surface area contributed by atoms with Crippen LogP contribution in [0.3, 0.4) is 0 Å². The summed E-state index contributed by atoms with van der Waals surface area (Å²) >= 11 is 10.0. The summed E-state index contributed by atoms with van der Waals surface area (Å²) in [5.74, 6) is 0.553. The van der Waals surface area contributed by atoms with Gasteiger partial charge in [0.05, 0.1) is 12.5 Å². The zero-order valence-corrected chi connectivity index (χ0v) is 13.1. The van der Waals surface area contributed by atoms with Gasteiger partial charge in [-0.2, -0.15) is 0 Å². The van der Waals surface area contributed by atoms with E-state index in [1.54, 1.807) is 13.2 Å². The molecule has 1 aromatic heterocycles. The van der Waals surface area contributed by atoms with Gasteiger partial charge >= 0.3 is 0 Å². The fourth-order valence-electron chi connectivity index (χ4n) is 1.80. The van der Waals surface area contributed by atoms with Crippen molar-refractivity contribution in [2.24, 2.45) is 0 Å². The molecule has 0 bridgehead atoms. The highest BCUT2D eigenvalue weighted by Crippen LogP contribution is 2.31. The van der Waals surface area contributed by atoms with Crippen molar-refractivity contribution in [2.75, 3.05) is 7.11 Å². The van der Waals surface area contributed by atoms with E-state index in [0.717, 1.165) is 15.7 Å². The Balaban J connectivity index is 2.20. The largest absolute Gasteiger partial charge is 0.481 e. The predicted octanol–water partition coefficient (Wildman–Crippen LogP) is 4.08. The molecule has 2 aromatic rings. The highest BCUT2D eigenvalue weighted by Gasteiger charge is 2.14. The smallest absolute Gasteiger partial charge is 0.216 e. The van der Waals surface area contributed by atoms with Gasteiger partial charge < -0.3 is 4.74 Å². The van der Waals surface area contributed by atoms with E-state index < -0.39 is 0 Å². The van der Waals surface area contributed by atoms with Crippen molar-refractivity contribution in [1.82, 2.24) is 9.97 Å². The number of aromatic nitrogens is 2. The van der Waals surface area contributed by atoms with Crippen LogP contribution in [0.5, 0.6) is 5.88 Å². The average molecular weight is 342 g/mol. The van der Waals surface area contributed by atoms with E-state index in [0.29, 0.717) is 12.3 Å². The molecule has 0 radical (unpaired) electrons. The van der Waals surface area contributed by atoms with Gasteiger partial charge in [0.2, 0.25) is 5.88 Å². The fraction of sp³-hybridized carbons (Fsp3) is 0.286. The highest BCUT2D eigenvalue weighted by molar-refractivity contribution is 9.10. The third-order valence-electron chi connectivity index (χ3n) is 2.79. The van der Waals surface area contributed by atoms with E-state index in [-0.39, 0.29) is 5.38 Å². The number of benzene rings is 1. The molecule has 0 aliphatic heterocycles. The van der Waals surface area contributed by atoms with Gasteiger partial charge in [0.1, 0.15) is 6.33 Å². The summed E-state index contributed by atoms with van der Waals surface area (Å²) in [5, 5.41) is -0.145. The van der Waals surface area contributed by atoms with Crippen LogP contribution in [0.1, 0.15) is 22.2 Å². The Labute approximate surface area is 126 Å². The molecule has 0 amide bonds. The Bertz CT molecular complexity index is 577. The van der Waals surface area contributed by atoms with Gasteiger partial charge in [-0.05, 0) is 18.6 Å². The van der Waals surface area contributed by atoms with Crippen molar-refractivity contribution in [3.8, 4) is 5.88 Å². The second-order valence-electron chi connectivity index (χ2n) is 4.25. The van der Waals surface area contributed by atoms with Crippen LogP contribution >= 0.6 is 27.5 Å². The number of alkyl halides is 1. The molecule has 0 saturated heterocycles. The maximum absolute atomic E-state index is 6.48. The van der Waals surface area contributed by atoms with Crippen LogP contribution in [0.15, 0.2) is 35.1 Å². The van der Waals surface area contributed by atoms with Gasteiger partial charge in [-0.25, -0.2) is 9.97 Å². The number of methoxy groups -OCH3 is 1. The van der Waals surface area contributed by atoms with Crippen LogP contribution in [0.25, 0.3) is 0 Å². The van der Waals surface area contributed by atoms with Crippen LogP contribution in [0.4, 0.5) is 0 Å². The number of rotatable bonds is 4. The molecule has 1 atom stereocenters. The van der Waals surface area contributed by atoms with Gasteiger partial charge in [0.15, 0.2) is 0 Å². The molecular formula is C14H14BrClN2O. The van der Waals surface area contributed by atoms with Crippen molar-refractivity contribution in [3.05, 3.63) is 51.9 Å². The molecule has 5 heteroatoms. The Hall–Kier alpha value is -1.13. The number of ether oxygens (including phenoxy) is 1. The molecule has 1 unspecified atom stereocenters. The van der Waals surface area contributed by atoms with Crippen LogP contribution in [-0.4, -0.2) is 17.1 Å². The zero-order valence-electron chi connectivity index (χ0n) is 10.7. The summed E-state index contributed by atoms with van der Waals surface area (Å²) < 4.78 is 6.09. The van der Waals surface area contributed by atoms with E-state index in [4.69, 9.17) is 16.3 Å². The van der Waals surface area contributed by atoms with Gasteiger partial charge in [0.25, 0.3) is 0 Å². The van der Waals surface area contributed by atoms with E-state index in [9.17, 15) is 0 Å². The predicted molar refractivity (Wildman–Crippen MR) is 79.8 cm³/mol. The molecular weight excluding hydrogens is 328 g/mol. The molecule has 0 aliphatic rings. The first kappa shape index (κ1) is 14.3. The molecule has 2 rings (SSSR count). The first-order chi connectivity index (χ1) is 9.10. The Morgan fingerprint density at radius 3 is 2.84 bits per heavy atom. The zero-order chi connectivity index (χ0) is 13.8. The summed E-state index contributed by atoms with van der Waals surface area (Å²) in [4.78, 5) is 8.20. The average Bonchev–Trinajstić information content (AvgIpc) is 2.41. The maximum Gasteiger partial charge on any atom is 0.216 e. The second kappa shape index (κ2) is 6.35. The summed E-state index contributed by atoms with van der Waals surface area (Å²) in [6, 6.07) is 7.95. The number of aryl methyl sites for hydroxylation is 1. The highest BCUT2D eigenvalue weighted by atomic mass is 79.9. The van der Waals surface area contributed by atoms with Crippen LogP contribution in [-0.2, 0) is 6.42 Å². The molecule has 100 valence electrons. The van der Waals surface area contributed by atoms with Crippen molar-refractivity contribution in [3.63, 3.8) is 0 Å². The Kier molecular flexibility index (Phi) is 4.77.